The molecule has 1 aromatic rings. The summed E-state index contributed by atoms with van der Waals surface area (Å²) in [4.78, 5) is 0. The number of aliphatic hydroxyl groups is 1. The van der Waals surface area contributed by atoms with Gasteiger partial charge in [0, 0.05) is 6.61 Å². The van der Waals surface area contributed by atoms with E-state index in [9.17, 15) is 13.2 Å². The number of rotatable bonds is 4. The van der Waals surface area contributed by atoms with Gasteiger partial charge in [-0.15, -0.1) is 0 Å². The van der Waals surface area contributed by atoms with Gasteiger partial charge in [-0.2, -0.15) is 13.2 Å². The van der Waals surface area contributed by atoms with Gasteiger partial charge in [-0.1, -0.05) is 32.0 Å². The van der Waals surface area contributed by atoms with E-state index < -0.39 is 11.7 Å². The highest BCUT2D eigenvalue weighted by Gasteiger charge is 2.31. The lowest BCUT2D eigenvalue weighted by Gasteiger charge is -2.21. The van der Waals surface area contributed by atoms with Crippen LogP contribution in [0.2, 0.25) is 0 Å². The van der Waals surface area contributed by atoms with E-state index in [0.29, 0.717) is 12.0 Å². The normalized spacial score (nSPS) is 14.1. The summed E-state index contributed by atoms with van der Waals surface area (Å²) in [6.45, 7) is 3.88. The molecule has 1 aromatic carbocycles. The number of hydrogen-bond donors (Lipinski definition) is 1. The smallest absolute Gasteiger partial charge is 0.396 e. The predicted octanol–water partition coefficient (Wildman–Crippen LogP) is 3.83. The molecule has 0 aliphatic carbocycles. The molecule has 0 radical (unpaired) electrons. The average molecular weight is 246 g/mol. The Morgan fingerprint density at radius 1 is 1.24 bits per heavy atom. The fourth-order valence-electron chi connectivity index (χ4n) is 1.97. The van der Waals surface area contributed by atoms with Gasteiger partial charge in [-0.05, 0) is 29.9 Å². The van der Waals surface area contributed by atoms with Crippen LogP contribution in [0, 0.1) is 5.92 Å². The van der Waals surface area contributed by atoms with E-state index in [4.69, 9.17) is 5.11 Å². The molecule has 0 saturated carbocycles. The van der Waals surface area contributed by atoms with Gasteiger partial charge in [0.15, 0.2) is 0 Å². The first-order valence-corrected chi connectivity index (χ1v) is 5.64. The molecule has 0 heterocycles. The van der Waals surface area contributed by atoms with Crippen LogP contribution in [0.5, 0.6) is 0 Å². The summed E-state index contributed by atoms with van der Waals surface area (Å²) >= 11 is 0. The van der Waals surface area contributed by atoms with E-state index in [1.54, 1.807) is 6.07 Å². The lowest BCUT2D eigenvalue weighted by atomic mass is 9.85. The van der Waals surface area contributed by atoms with Gasteiger partial charge < -0.3 is 5.11 Å². The van der Waals surface area contributed by atoms with E-state index >= 15 is 0 Å². The summed E-state index contributed by atoms with van der Waals surface area (Å²) in [6, 6.07) is 5.36. The fraction of sp³-hybridized carbons (Fsp3) is 0.538. The van der Waals surface area contributed by atoms with Crippen LogP contribution in [-0.2, 0) is 6.18 Å². The van der Waals surface area contributed by atoms with Gasteiger partial charge in [0.1, 0.15) is 0 Å². The van der Waals surface area contributed by atoms with E-state index in [-0.39, 0.29) is 18.4 Å². The number of hydrogen-bond acceptors (Lipinski definition) is 1. The molecule has 1 rings (SSSR count). The van der Waals surface area contributed by atoms with Gasteiger partial charge in [0.05, 0.1) is 5.56 Å². The van der Waals surface area contributed by atoms with Crippen LogP contribution in [-0.4, -0.2) is 11.7 Å². The molecule has 17 heavy (non-hydrogen) atoms. The van der Waals surface area contributed by atoms with Gasteiger partial charge in [-0.25, -0.2) is 0 Å². The summed E-state index contributed by atoms with van der Waals surface area (Å²) in [6.07, 6.45) is -3.82. The molecule has 0 saturated heterocycles. The predicted molar refractivity (Wildman–Crippen MR) is 60.7 cm³/mol. The van der Waals surface area contributed by atoms with Crippen molar-refractivity contribution < 1.29 is 18.3 Å². The quantitative estimate of drug-likeness (QED) is 0.856. The highest BCUT2D eigenvalue weighted by atomic mass is 19.4. The molecule has 0 aromatic heterocycles. The molecule has 0 aliphatic heterocycles. The Morgan fingerprint density at radius 3 is 2.35 bits per heavy atom. The van der Waals surface area contributed by atoms with Crippen LogP contribution >= 0.6 is 0 Å². The van der Waals surface area contributed by atoms with Crippen LogP contribution in [0.4, 0.5) is 13.2 Å². The zero-order valence-electron chi connectivity index (χ0n) is 9.96. The summed E-state index contributed by atoms with van der Waals surface area (Å²) in [7, 11) is 0. The van der Waals surface area contributed by atoms with Crippen molar-refractivity contribution in [1.29, 1.82) is 0 Å². The standard InChI is InChI=1S/C13H17F3O/c1-9(2)12(6-7-17)10-4-3-5-11(8-10)13(14,15)16/h3-5,8-9,12,17H,6-7H2,1-2H3. The zero-order chi connectivity index (χ0) is 13.1. The van der Waals surface area contributed by atoms with Crippen molar-refractivity contribution in [2.24, 2.45) is 5.92 Å². The van der Waals surface area contributed by atoms with Crippen molar-refractivity contribution in [3.63, 3.8) is 0 Å². The third kappa shape index (κ3) is 3.73. The zero-order valence-corrected chi connectivity index (χ0v) is 9.96. The lowest BCUT2D eigenvalue weighted by molar-refractivity contribution is -0.137. The minimum atomic E-state index is -4.31. The minimum Gasteiger partial charge on any atom is -0.396 e. The fourth-order valence-corrected chi connectivity index (χ4v) is 1.97. The van der Waals surface area contributed by atoms with Gasteiger partial charge >= 0.3 is 6.18 Å². The highest BCUT2D eigenvalue weighted by molar-refractivity contribution is 5.28. The second-order valence-electron chi connectivity index (χ2n) is 4.49. The molecule has 0 fully saturated rings. The molecule has 0 amide bonds. The van der Waals surface area contributed by atoms with Crippen LogP contribution < -0.4 is 0 Å². The maximum Gasteiger partial charge on any atom is 0.416 e. The van der Waals surface area contributed by atoms with E-state index in [1.165, 1.54) is 12.1 Å². The summed E-state index contributed by atoms with van der Waals surface area (Å²) in [5, 5.41) is 8.95. The summed E-state index contributed by atoms with van der Waals surface area (Å²) < 4.78 is 37.7. The molecule has 0 aliphatic rings. The van der Waals surface area contributed by atoms with Crippen LogP contribution in [0.3, 0.4) is 0 Å². The molecule has 1 atom stereocenters. The number of alkyl halides is 3. The van der Waals surface area contributed by atoms with Crippen LogP contribution in [0.1, 0.15) is 37.3 Å². The van der Waals surface area contributed by atoms with E-state index in [1.807, 2.05) is 13.8 Å². The highest BCUT2D eigenvalue weighted by Crippen LogP contribution is 2.33. The largest absolute Gasteiger partial charge is 0.416 e. The molecule has 1 unspecified atom stereocenters. The van der Waals surface area contributed by atoms with Crippen molar-refractivity contribution >= 4 is 0 Å². The molecular weight excluding hydrogens is 229 g/mol. The van der Waals surface area contributed by atoms with Crippen molar-refractivity contribution in [2.75, 3.05) is 6.61 Å². The molecular formula is C13H17F3O. The Morgan fingerprint density at radius 2 is 1.88 bits per heavy atom. The SMILES string of the molecule is CC(C)C(CCO)c1cccc(C(F)(F)F)c1. The van der Waals surface area contributed by atoms with Crippen molar-refractivity contribution in [2.45, 2.75) is 32.4 Å². The first-order chi connectivity index (χ1) is 7.86. The maximum atomic E-state index is 12.6. The van der Waals surface area contributed by atoms with E-state index in [2.05, 4.69) is 0 Å². The Bertz CT molecular complexity index is 358. The van der Waals surface area contributed by atoms with Crippen molar-refractivity contribution in [3.05, 3.63) is 35.4 Å². The number of halogens is 3. The second-order valence-corrected chi connectivity index (χ2v) is 4.49. The van der Waals surface area contributed by atoms with Crippen LogP contribution in [0.15, 0.2) is 24.3 Å². The monoisotopic (exact) mass is 246 g/mol. The first-order valence-electron chi connectivity index (χ1n) is 5.64. The molecule has 4 heteroatoms. The lowest BCUT2D eigenvalue weighted by Crippen LogP contribution is -2.11. The molecule has 0 bridgehead atoms. The molecule has 1 N–H and O–H groups in total. The summed E-state index contributed by atoms with van der Waals surface area (Å²) in [5.74, 6) is 0.160. The topological polar surface area (TPSA) is 20.2 Å². The minimum absolute atomic E-state index is 0.0148. The summed E-state index contributed by atoms with van der Waals surface area (Å²) in [5.41, 5.74) is 0.0162. The average Bonchev–Trinajstić information content (AvgIpc) is 2.24. The van der Waals surface area contributed by atoms with Gasteiger partial charge in [-0.3, -0.25) is 0 Å². The third-order valence-corrected chi connectivity index (χ3v) is 2.89. The first kappa shape index (κ1) is 14.0. The Kier molecular flexibility index (Phi) is 4.57. The Labute approximate surface area is 99.3 Å². The Hall–Kier alpha value is -1.03. The van der Waals surface area contributed by atoms with Crippen molar-refractivity contribution in [3.8, 4) is 0 Å². The van der Waals surface area contributed by atoms with E-state index in [0.717, 1.165) is 6.07 Å². The molecule has 0 spiro atoms. The third-order valence-electron chi connectivity index (χ3n) is 2.89. The number of benzene rings is 1. The van der Waals surface area contributed by atoms with Gasteiger partial charge in [0.25, 0.3) is 0 Å². The number of aliphatic hydroxyl groups excluding tert-OH is 1. The molecule has 1 nitrogen and oxygen atoms in total. The molecule has 96 valence electrons. The van der Waals surface area contributed by atoms with Crippen LogP contribution in [0.25, 0.3) is 0 Å². The second kappa shape index (κ2) is 5.54. The van der Waals surface area contributed by atoms with Gasteiger partial charge in [0.2, 0.25) is 0 Å². The Balaban J connectivity index is 3.04. The van der Waals surface area contributed by atoms with Crippen molar-refractivity contribution in [1.82, 2.24) is 0 Å². The maximum absolute atomic E-state index is 12.6.